The Morgan fingerprint density at radius 2 is 2.00 bits per heavy atom. The van der Waals surface area contributed by atoms with Gasteiger partial charge >= 0.3 is 0 Å². The number of aromatic nitrogens is 4. The highest BCUT2D eigenvalue weighted by atomic mass is 16.7. The molecule has 0 amide bonds. The summed E-state index contributed by atoms with van der Waals surface area (Å²) in [5.41, 5.74) is 5.31. The molecule has 0 atom stereocenters. The predicted molar refractivity (Wildman–Crippen MR) is 131 cm³/mol. The van der Waals surface area contributed by atoms with Crippen molar-refractivity contribution in [1.82, 2.24) is 25.1 Å². The molecule has 2 aromatic carbocycles. The van der Waals surface area contributed by atoms with E-state index >= 15 is 0 Å². The van der Waals surface area contributed by atoms with Gasteiger partial charge in [-0.05, 0) is 18.2 Å². The molecule has 176 valence electrons. The molecule has 9 nitrogen and oxygen atoms in total. The minimum absolute atomic E-state index is 0.187. The van der Waals surface area contributed by atoms with Gasteiger partial charge < -0.3 is 24.4 Å². The van der Waals surface area contributed by atoms with Gasteiger partial charge in [0.2, 0.25) is 12.5 Å². The molecule has 9 heteroatoms. The van der Waals surface area contributed by atoms with E-state index in [1.807, 2.05) is 31.4 Å². The van der Waals surface area contributed by atoms with E-state index in [9.17, 15) is 0 Å². The summed E-state index contributed by atoms with van der Waals surface area (Å²) in [6, 6.07) is 10.5. The smallest absolute Gasteiger partial charge is 0.231 e. The molecule has 34 heavy (non-hydrogen) atoms. The molecule has 0 radical (unpaired) electrons. The lowest BCUT2D eigenvalue weighted by atomic mass is 10.1. The Morgan fingerprint density at radius 3 is 2.76 bits per heavy atom. The maximum atomic E-state index is 5.67. The van der Waals surface area contributed by atoms with Crippen LogP contribution >= 0.6 is 0 Å². The summed E-state index contributed by atoms with van der Waals surface area (Å²) < 4.78 is 18.6. The summed E-state index contributed by atoms with van der Waals surface area (Å²) in [4.78, 5) is 11.7. The summed E-state index contributed by atoms with van der Waals surface area (Å²) in [6.07, 6.45) is 5.51. The van der Waals surface area contributed by atoms with Crippen molar-refractivity contribution in [2.24, 2.45) is 7.05 Å². The number of hydrogen-bond acceptors (Lipinski definition) is 8. The topological polar surface area (TPSA) is 86.6 Å². The van der Waals surface area contributed by atoms with Crippen molar-refractivity contribution >= 4 is 22.4 Å². The van der Waals surface area contributed by atoms with E-state index in [1.54, 1.807) is 24.2 Å². The summed E-state index contributed by atoms with van der Waals surface area (Å²) in [7, 11) is 3.52. The largest absolute Gasteiger partial charge is 0.493 e. The van der Waals surface area contributed by atoms with Gasteiger partial charge in [0.05, 0.1) is 36.2 Å². The molecule has 1 aliphatic rings. The van der Waals surface area contributed by atoms with Crippen LogP contribution in [0, 0.1) is 0 Å². The Balaban J connectivity index is 1.56. The Labute approximate surface area is 198 Å². The Kier molecular flexibility index (Phi) is 5.93. The zero-order chi connectivity index (χ0) is 23.7. The third kappa shape index (κ3) is 4.34. The summed E-state index contributed by atoms with van der Waals surface area (Å²) in [5, 5.41) is 7.75. The van der Waals surface area contributed by atoms with E-state index in [-0.39, 0.29) is 6.79 Å². The molecule has 0 unspecified atom stereocenters. The monoisotopic (exact) mass is 460 g/mol. The molecule has 0 saturated carbocycles. The highest BCUT2D eigenvalue weighted by Crippen LogP contribution is 2.45. The molecule has 4 aromatic rings. The maximum absolute atomic E-state index is 5.67. The maximum Gasteiger partial charge on any atom is 0.231 e. The quantitative estimate of drug-likeness (QED) is 0.424. The molecule has 0 spiro atoms. The zero-order valence-electron chi connectivity index (χ0n) is 19.8. The van der Waals surface area contributed by atoms with Crippen LogP contribution in [-0.2, 0) is 7.05 Å². The summed E-state index contributed by atoms with van der Waals surface area (Å²) in [6.45, 7) is 6.00. The average Bonchev–Trinajstić information content (AvgIpc) is 3.49. The van der Waals surface area contributed by atoms with Gasteiger partial charge in [-0.3, -0.25) is 9.67 Å². The fourth-order valence-corrected chi connectivity index (χ4v) is 4.00. The molecule has 0 fully saturated rings. The number of methoxy groups -OCH3 is 1. The van der Waals surface area contributed by atoms with Crippen molar-refractivity contribution in [3.63, 3.8) is 0 Å². The van der Waals surface area contributed by atoms with Gasteiger partial charge in [0, 0.05) is 61.4 Å². The molecule has 5 rings (SSSR count). The number of anilines is 2. The Hall–Kier alpha value is -3.85. The van der Waals surface area contributed by atoms with E-state index in [0.717, 1.165) is 46.8 Å². The molecular weight excluding hydrogens is 432 g/mol. The third-order valence-electron chi connectivity index (χ3n) is 5.68. The molecule has 0 bridgehead atoms. The normalized spacial score (nSPS) is 12.5. The van der Waals surface area contributed by atoms with Gasteiger partial charge in [-0.15, -0.1) is 0 Å². The second-order valence-corrected chi connectivity index (χ2v) is 8.47. The number of aryl methyl sites for hydroxylation is 1. The standard InChI is InChI=1S/C25H28N6O3/c1-16(2)26-7-8-31(19-10-23(32-4)25-24(11-19)33-15-34-25)18-5-6-20-21(9-18)29-22(13-27-20)17-12-28-30(3)14-17/h5-6,9-14,16,26H,7-8,15H2,1-4H3. The van der Waals surface area contributed by atoms with Crippen molar-refractivity contribution in [1.29, 1.82) is 0 Å². The second kappa shape index (κ2) is 9.18. The first-order chi connectivity index (χ1) is 16.5. The molecule has 3 heterocycles. The van der Waals surface area contributed by atoms with Gasteiger partial charge in [-0.1, -0.05) is 13.8 Å². The molecule has 2 aromatic heterocycles. The van der Waals surface area contributed by atoms with E-state index in [2.05, 4.69) is 46.3 Å². The Morgan fingerprint density at radius 1 is 1.12 bits per heavy atom. The number of nitrogens with zero attached hydrogens (tertiary/aromatic N) is 5. The first kappa shape index (κ1) is 22.0. The number of fused-ring (bicyclic) bond motifs is 2. The van der Waals surface area contributed by atoms with Gasteiger partial charge in [-0.2, -0.15) is 5.10 Å². The van der Waals surface area contributed by atoms with Crippen LogP contribution < -0.4 is 24.4 Å². The van der Waals surface area contributed by atoms with Crippen LogP contribution in [0.3, 0.4) is 0 Å². The fourth-order valence-electron chi connectivity index (χ4n) is 4.00. The first-order valence-electron chi connectivity index (χ1n) is 11.3. The van der Waals surface area contributed by atoms with Crippen molar-refractivity contribution < 1.29 is 14.2 Å². The van der Waals surface area contributed by atoms with Crippen LogP contribution in [0.25, 0.3) is 22.3 Å². The number of nitrogens with one attached hydrogen (secondary N) is 1. The lowest BCUT2D eigenvalue weighted by Gasteiger charge is -2.26. The van der Waals surface area contributed by atoms with E-state index < -0.39 is 0 Å². The number of rotatable bonds is 8. The van der Waals surface area contributed by atoms with Crippen LogP contribution in [0.5, 0.6) is 17.2 Å². The third-order valence-corrected chi connectivity index (χ3v) is 5.68. The van der Waals surface area contributed by atoms with Crippen molar-refractivity contribution in [3.8, 4) is 28.5 Å². The number of ether oxygens (including phenoxy) is 3. The van der Waals surface area contributed by atoms with Gasteiger partial charge in [0.1, 0.15) is 0 Å². The molecule has 0 aliphatic carbocycles. The summed E-state index contributed by atoms with van der Waals surface area (Å²) >= 11 is 0. The second-order valence-electron chi connectivity index (χ2n) is 8.47. The highest BCUT2D eigenvalue weighted by Gasteiger charge is 2.23. The van der Waals surface area contributed by atoms with E-state index in [4.69, 9.17) is 19.2 Å². The number of hydrogen-bond donors (Lipinski definition) is 1. The van der Waals surface area contributed by atoms with Gasteiger partial charge in [0.25, 0.3) is 0 Å². The minimum Gasteiger partial charge on any atom is -0.493 e. The van der Waals surface area contributed by atoms with Crippen LogP contribution in [-0.4, -0.2) is 52.8 Å². The van der Waals surface area contributed by atoms with E-state index in [0.29, 0.717) is 23.3 Å². The van der Waals surface area contributed by atoms with Gasteiger partial charge in [0.15, 0.2) is 11.5 Å². The highest BCUT2D eigenvalue weighted by molar-refractivity contribution is 5.83. The van der Waals surface area contributed by atoms with Crippen LogP contribution in [0.2, 0.25) is 0 Å². The molecule has 1 N–H and O–H groups in total. The van der Waals surface area contributed by atoms with Crippen molar-refractivity contribution in [2.45, 2.75) is 19.9 Å². The lowest BCUT2D eigenvalue weighted by Crippen LogP contribution is -2.32. The van der Waals surface area contributed by atoms with Crippen LogP contribution in [0.1, 0.15) is 13.8 Å². The number of benzene rings is 2. The summed E-state index contributed by atoms with van der Waals surface area (Å²) in [5.74, 6) is 1.96. The lowest BCUT2D eigenvalue weighted by molar-refractivity contribution is 0.171. The first-order valence-corrected chi connectivity index (χ1v) is 11.3. The molecule has 1 aliphatic heterocycles. The van der Waals surface area contributed by atoms with E-state index in [1.165, 1.54) is 0 Å². The fraction of sp³-hybridized carbons (Fsp3) is 0.320. The predicted octanol–water partition coefficient (Wildman–Crippen LogP) is 3.90. The average molecular weight is 461 g/mol. The van der Waals surface area contributed by atoms with Crippen LogP contribution in [0.15, 0.2) is 48.9 Å². The molecular formula is C25H28N6O3. The van der Waals surface area contributed by atoms with Crippen molar-refractivity contribution in [3.05, 3.63) is 48.9 Å². The van der Waals surface area contributed by atoms with Gasteiger partial charge in [-0.25, -0.2) is 4.98 Å². The minimum atomic E-state index is 0.187. The molecule has 0 saturated heterocycles. The zero-order valence-corrected chi connectivity index (χ0v) is 19.8. The SMILES string of the molecule is COc1cc(N(CCNC(C)C)c2ccc3ncc(-c4cnn(C)c4)nc3c2)cc2c1OCO2. The van der Waals surface area contributed by atoms with Crippen molar-refractivity contribution in [2.75, 3.05) is 31.9 Å². The van der Waals surface area contributed by atoms with Crippen LogP contribution in [0.4, 0.5) is 11.4 Å². The Bertz CT molecular complexity index is 1320.